The Labute approximate surface area is 115 Å². The van der Waals surface area contributed by atoms with Crippen molar-refractivity contribution in [2.45, 2.75) is 72.4 Å². The minimum atomic E-state index is 0.701. The molecule has 4 unspecified atom stereocenters. The van der Waals surface area contributed by atoms with Gasteiger partial charge in [-0.05, 0) is 57.2 Å². The number of rotatable bonds is 7. The molecule has 0 saturated heterocycles. The van der Waals surface area contributed by atoms with Gasteiger partial charge in [-0.15, -0.1) is 0 Å². The first kappa shape index (κ1) is 16.0. The minimum Gasteiger partial charge on any atom is -0.313 e. The van der Waals surface area contributed by atoms with Crippen LogP contribution in [0.25, 0.3) is 0 Å². The number of likely N-dealkylation sites (N-methyl/N-ethyl adjacent to an activating group) is 1. The van der Waals surface area contributed by atoms with Gasteiger partial charge in [0.15, 0.2) is 0 Å². The lowest BCUT2D eigenvalue weighted by Crippen LogP contribution is -2.56. The molecule has 2 heteroatoms. The Morgan fingerprint density at radius 2 is 1.61 bits per heavy atom. The summed E-state index contributed by atoms with van der Waals surface area (Å²) >= 11 is 0. The van der Waals surface area contributed by atoms with Crippen molar-refractivity contribution in [1.82, 2.24) is 10.2 Å². The van der Waals surface area contributed by atoms with Crippen molar-refractivity contribution in [3.8, 4) is 0 Å². The fraction of sp³-hybridized carbons (Fsp3) is 1.00. The van der Waals surface area contributed by atoms with E-state index in [0.717, 1.165) is 24.4 Å². The molecule has 18 heavy (non-hydrogen) atoms. The van der Waals surface area contributed by atoms with Gasteiger partial charge in [0.05, 0.1) is 0 Å². The summed E-state index contributed by atoms with van der Waals surface area (Å²) in [5.41, 5.74) is 0. The van der Waals surface area contributed by atoms with Crippen LogP contribution in [0.4, 0.5) is 0 Å². The molecule has 1 aliphatic carbocycles. The average molecular weight is 254 g/mol. The molecule has 0 bridgehead atoms. The van der Waals surface area contributed by atoms with Gasteiger partial charge in [0.25, 0.3) is 0 Å². The molecule has 1 fully saturated rings. The molecule has 0 aromatic rings. The Balaban J connectivity index is 2.76. The third kappa shape index (κ3) is 4.24. The summed E-state index contributed by atoms with van der Waals surface area (Å²) in [4.78, 5) is 2.75. The van der Waals surface area contributed by atoms with Crippen molar-refractivity contribution in [3.63, 3.8) is 0 Å². The van der Waals surface area contributed by atoms with E-state index in [4.69, 9.17) is 0 Å². The van der Waals surface area contributed by atoms with Crippen LogP contribution in [0.15, 0.2) is 0 Å². The van der Waals surface area contributed by atoms with Crippen LogP contribution in [0.1, 0.15) is 60.3 Å². The molecule has 2 nitrogen and oxygen atoms in total. The summed E-state index contributed by atoms with van der Waals surface area (Å²) in [5, 5.41) is 3.75. The maximum atomic E-state index is 3.75. The van der Waals surface area contributed by atoms with Crippen LogP contribution in [0.3, 0.4) is 0 Å². The lowest BCUT2D eigenvalue weighted by molar-refractivity contribution is 0.0616. The van der Waals surface area contributed by atoms with Gasteiger partial charge in [-0.1, -0.05) is 34.6 Å². The zero-order valence-electron chi connectivity index (χ0n) is 13.2. The van der Waals surface area contributed by atoms with Crippen molar-refractivity contribution >= 4 is 0 Å². The van der Waals surface area contributed by atoms with E-state index in [1.807, 2.05) is 0 Å². The molecule has 0 aromatic carbocycles. The maximum absolute atomic E-state index is 3.75. The Hall–Kier alpha value is -0.0800. The fourth-order valence-corrected chi connectivity index (χ4v) is 3.90. The van der Waals surface area contributed by atoms with Crippen molar-refractivity contribution in [1.29, 1.82) is 0 Å². The zero-order valence-corrected chi connectivity index (χ0v) is 13.2. The minimum absolute atomic E-state index is 0.701. The summed E-state index contributed by atoms with van der Waals surface area (Å²) in [6.45, 7) is 15.4. The highest BCUT2D eigenvalue weighted by Gasteiger charge is 2.36. The third-order valence-electron chi connectivity index (χ3n) is 4.34. The molecule has 1 saturated carbocycles. The molecule has 4 atom stereocenters. The van der Waals surface area contributed by atoms with Gasteiger partial charge in [-0.25, -0.2) is 0 Å². The highest BCUT2D eigenvalue weighted by molar-refractivity contribution is 4.93. The SMILES string of the molecule is CCCN(CCC)C1C(C)CC(C)CC1NCC. The van der Waals surface area contributed by atoms with Gasteiger partial charge in [0, 0.05) is 12.1 Å². The Bertz CT molecular complexity index is 201. The quantitative estimate of drug-likeness (QED) is 0.748. The van der Waals surface area contributed by atoms with Crippen LogP contribution in [0.2, 0.25) is 0 Å². The second kappa shape index (κ2) is 8.16. The molecule has 0 heterocycles. The molecule has 0 aliphatic heterocycles. The maximum Gasteiger partial charge on any atom is 0.0275 e. The third-order valence-corrected chi connectivity index (χ3v) is 4.34. The van der Waals surface area contributed by atoms with E-state index < -0.39 is 0 Å². The number of nitrogens with zero attached hydrogens (tertiary/aromatic N) is 1. The average Bonchev–Trinajstić information content (AvgIpc) is 2.29. The molecule has 0 spiro atoms. The Morgan fingerprint density at radius 3 is 2.11 bits per heavy atom. The number of nitrogens with one attached hydrogen (secondary N) is 1. The van der Waals surface area contributed by atoms with Crippen molar-refractivity contribution in [2.24, 2.45) is 11.8 Å². The zero-order chi connectivity index (χ0) is 13.5. The second-order valence-corrected chi connectivity index (χ2v) is 6.24. The summed E-state index contributed by atoms with van der Waals surface area (Å²) in [7, 11) is 0. The Morgan fingerprint density at radius 1 is 1.00 bits per heavy atom. The van der Waals surface area contributed by atoms with E-state index in [-0.39, 0.29) is 0 Å². The topological polar surface area (TPSA) is 15.3 Å². The molecule has 1 N–H and O–H groups in total. The summed E-state index contributed by atoms with van der Waals surface area (Å²) in [5.74, 6) is 1.71. The monoisotopic (exact) mass is 254 g/mol. The van der Waals surface area contributed by atoms with E-state index in [9.17, 15) is 0 Å². The van der Waals surface area contributed by atoms with Gasteiger partial charge in [-0.2, -0.15) is 0 Å². The Kier molecular flexibility index (Phi) is 7.25. The number of hydrogen-bond donors (Lipinski definition) is 1. The first-order chi connectivity index (χ1) is 8.63. The van der Waals surface area contributed by atoms with E-state index in [1.165, 1.54) is 38.8 Å². The fourth-order valence-electron chi connectivity index (χ4n) is 3.90. The largest absolute Gasteiger partial charge is 0.313 e. The molecular weight excluding hydrogens is 220 g/mol. The molecule has 0 radical (unpaired) electrons. The van der Waals surface area contributed by atoms with Crippen molar-refractivity contribution in [3.05, 3.63) is 0 Å². The molecule has 108 valence electrons. The summed E-state index contributed by atoms with van der Waals surface area (Å²) in [6.07, 6.45) is 5.30. The predicted molar refractivity (Wildman–Crippen MR) is 81.0 cm³/mol. The van der Waals surface area contributed by atoms with Gasteiger partial charge in [0.2, 0.25) is 0 Å². The molecule has 1 aliphatic rings. The van der Waals surface area contributed by atoms with Crippen molar-refractivity contribution in [2.75, 3.05) is 19.6 Å². The lowest BCUT2D eigenvalue weighted by atomic mass is 9.75. The molecule has 0 amide bonds. The van der Waals surface area contributed by atoms with E-state index in [2.05, 4.69) is 44.8 Å². The van der Waals surface area contributed by atoms with Gasteiger partial charge >= 0.3 is 0 Å². The van der Waals surface area contributed by atoms with Crippen molar-refractivity contribution < 1.29 is 0 Å². The lowest BCUT2D eigenvalue weighted by Gasteiger charge is -2.46. The van der Waals surface area contributed by atoms with Crippen LogP contribution in [0.5, 0.6) is 0 Å². The van der Waals surface area contributed by atoms with Crippen LogP contribution in [-0.2, 0) is 0 Å². The second-order valence-electron chi connectivity index (χ2n) is 6.24. The molecule has 1 rings (SSSR count). The predicted octanol–water partition coefficient (Wildman–Crippen LogP) is 3.52. The van der Waals surface area contributed by atoms with Crippen LogP contribution >= 0.6 is 0 Å². The highest BCUT2D eigenvalue weighted by atomic mass is 15.2. The van der Waals surface area contributed by atoms with Crippen LogP contribution in [0, 0.1) is 11.8 Å². The van der Waals surface area contributed by atoms with Gasteiger partial charge in [0.1, 0.15) is 0 Å². The first-order valence-electron chi connectivity index (χ1n) is 8.11. The first-order valence-corrected chi connectivity index (χ1v) is 8.11. The smallest absolute Gasteiger partial charge is 0.0275 e. The molecule has 0 aromatic heterocycles. The molecular formula is C16H34N2. The summed E-state index contributed by atoms with van der Waals surface area (Å²) in [6, 6.07) is 1.45. The van der Waals surface area contributed by atoms with E-state index in [0.29, 0.717) is 6.04 Å². The summed E-state index contributed by atoms with van der Waals surface area (Å²) < 4.78 is 0. The normalized spacial score (nSPS) is 33.0. The van der Waals surface area contributed by atoms with E-state index in [1.54, 1.807) is 0 Å². The number of hydrogen-bond acceptors (Lipinski definition) is 2. The van der Waals surface area contributed by atoms with E-state index >= 15 is 0 Å². The van der Waals surface area contributed by atoms with Gasteiger partial charge in [-0.3, -0.25) is 4.90 Å². The van der Waals surface area contributed by atoms with Gasteiger partial charge < -0.3 is 5.32 Å². The highest BCUT2D eigenvalue weighted by Crippen LogP contribution is 2.32. The van der Waals surface area contributed by atoms with Crippen LogP contribution < -0.4 is 5.32 Å². The van der Waals surface area contributed by atoms with Crippen LogP contribution in [-0.4, -0.2) is 36.6 Å². The standard InChI is InChI=1S/C16H34N2/c1-6-9-18(10-7-2)16-14(5)11-13(4)12-15(16)17-8-3/h13-17H,6-12H2,1-5H3.